The normalized spacial score (nSPS) is 25.2. The molecule has 0 spiro atoms. The first-order valence-electron chi connectivity index (χ1n) is 5.59. The van der Waals surface area contributed by atoms with Crippen LogP contribution < -0.4 is 0 Å². The number of hydrogen-bond donors (Lipinski definition) is 0. The monoisotopic (exact) mass is 235 g/mol. The number of nitriles is 1. The Balaban J connectivity index is 2.14. The number of nitrogens with zero attached hydrogens (tertiary/aromatic N) is 3. The van der Waals surface area contributed by atoms with Gasteiger partial charge in [0.1, 0.15) is 6.04 Å². The topological polar surface area (TPSA) is 30.3 Å². The van der Waals surface area contributed by atoms with Gasteiger partial charge in [-0.2, -0.15) is 5.26 Å². The number of piperazine rings is 1. The maximum absolute atomic E-state index is 9.34. The molecule has 0 radical (unpaired) electrons. The Morgan fingerprint density at radius 3 is 2.94 bits per heavy atom. The number of likely N-dealkylation sites (N-methyl/N-ethyl adjacent to an activating group) is 1. The average Bonchev–Trinajstić information content (AvgIpc) is 2.75. The summed E-state index contributed by atoms with van der Waals surface area (Å²) in [6, 6.07) is 6.90. The highest BCUT2D eigenvalue weighted by Gasteiger charge is 2.29. The summed E-state index contributed by atoms with van der Waals surface area (Å²) in [7, 11) is 2.14. The minimum absolute atomic E-state index is 0.0660. The molecule has 0 aromatic carbocycles. The Bertz CT molecular complexity index is 368. The van der Waals surface area contributed by atoms with Gasteiger partial charge in [0.2, 0.25) is 0 Å². The molecule has 0 N–H and O–H groups in total. The van der Waals surface area contributed by atoms with E-state index in [0.29, 0.717) is 6.04 Å². The Labute approximate surface area is 101 Å². The first-order valence-corrected chi connectivity index (χ1v) is 6.47. The highest BCUT2D eigenvalue weighted by atomic mass is 32.1. The lowest BCUT2D eigenvalue weighted by molar-refractivity contribution is 0.0808. The second-order valence-corrected chi connectivity index (χ2v) is 5.38. The molecule has 1 aromatic rings. The first-order chi connectivity index (χ1) is 7.72. The van der Waals surface area contributed by atoms with Crippen molar-refractivity contribution in [2.24, 2.45) is 0 Å². The quantitative estimate of drug-likeness (QED) is 0.785. The summed E-state index contributed by atoms with van der Waals surface area (Å²) in [5.41, 5.74) is 0. The third-order valence-electron chi connectivity index (χ3n) is 3.15. The number of thiophene rings is 1. The SMILES string of the molecule is CC1CN(C)CCN1C(C#N)c1cccs1. The second kappa shape index (κ2) is 4.96. The fourth-order valence-electron chi connectivity index (χ4n) is 2.29. The van der Waals surface area contributed by atoms with E-state index in [1.807, 2.05) is 11.4 Å². The Morgan fingerprint density at radius 1 is 1.56 bits per heavy atom. The van der Waals surface area contributed by atoms with E-state index < -0.39 is 0 Å². The van der Waals surface area contributed by atoms with E-state index >= 15 is 0 Å². The minimum Gasteiger partial charge on any atom is -0.304 e. The van der Waals surface area contributed by atoms with Gasteiger partial charge in [-0.05, 0) is 25.4 Å². The summed E-state index contributed by atoms with van der Waals surface area (Å²) in [6.45, 7) is 5.28. The van der Waals surface area contributed by atoms with Crippen LogP contribution in [-0.2, 0) is 0 Å². The van der Waals surface area contributed by atoms with E-state index in [4.69, 9.17) is 0 Å². The summed E-state index contributed by atoms with van der Waals surface area (Å²) in [6.07, 6.45) is 0. The fourth-order valence-corrected chi connectivity index (χ4v) is 3.07. The minimum atomic E-state index is -0.0660. The van der Waals surface area contributed by atoms with E-state index in [-0.39, 0.29) is 6.04 Å². The highest BCUT2D eigenvalue weighted by molar-refractivity contribution is 7.10. The fraction of sp³-hybridized carbons (Fsp3) is 0.583. The van der Waals surface area contributed by atoms with Crippen molar-refractivity contribution in [2.45, 2.75) is 19.0 Å². The van der Waals surface area contributed by atoms with Crippen molar-refractivity contribution in [3.05, 3.63) is 22.4 Å². The predicted octanol–water partition coefficient (Wildman–Crippen LogP) is 1.95. The predicted molar refractivity (Wildman–Crippen MR) is 66.3 cm³/mol. The molecule has 4 heteroatoms. The molecule has 2 rings (SSSR count). The van der Waals surface area contributed by atoms with Gasteiger partial charge in [-0.3, -0.25) is 4.90 Å². The standard InChI is InChI=1S/C12H17N3S/c1-10-9-14(2)5-6-15(10)11(8-13)12-4-3-7-16-12/h3-4,7,10-11H,5-6,9H2,1-2H3. The van der Waals surface area contributed by atoms with E-state index in [1.165, 1.54) is 4.88 Å². The zero-order chi connectivity index (χ0) is 11.5. The van der Waals surface area contributed by atoms with Gasteiger partial charge in [-0.15, -0.1) is 11.3 Å². The Kier molecular flexibility index (Phi) is 3.59. The summed E-state index contributed by atoms with van der Waals surface area (Å²) < 4.78 is 0. The van der Waals surface area contributed by atoms with E-state index in [0.717, 1.165) is 19.6 Å². The molecule has 0 saturated carbocycles. The van der Waals surface area contributed by atoms with Crippen molar-refractivity contribution in [1.29, 1.82) is 5.26 Å². The van der Waals surface area contributed by atoms with Crippen LogP contribution in [0.1, 0.15) is 17.8 Å². The van der Waals surface area contributed by atoms with Crippen LogP contribution in [-0.4, -0.2) is 42.5 Å². The molecule has 0 bridgehead atoms. The van der Waals surface area contributed by atoms with Crippen LogP contribution in [0.4, 0.5) is 0 Å². The summed E-state index contributed by atoms with van der Waals surface area (Å²) in [5, 5.41) is 11.4. The lowest BCUT2D eigenvalue weighted by Gasteiger charge is -2.40. The van der Waals surface area contributed by atoms with E-state index in [2.05, 4.69) is 35.9 Å². The maximum atomic E-state index is 9.34. The van der Waals surface area contributed by atoms with Crippen LogP contribution in [0.15, 0.2) is 17.5 Å². The summed E-state index contributed by atoms with van der Waals surface area (Å²) >= 11 is 1.67. The third-order valence-corrected chi connectivity index (χ3v) is 4.07. The van der Waals surface area contributed by atoms with Gasteiger partial charge < -0.3 is 4.90 Å². The van der Waals surface area contributed by atoms with Crippen LogP contribution in [0.5, 0.6) is 0 Å². The van der Waals surface area contributed by atoms with Gasteiger partial charge in [0.25, 0.3) is 0 Å². The molecule has 1 saturated heterocycles. The smallest absolute Gasteiger partial charge is 0.133 e. The molecule has 0 aliphatic carbocycles. The second-order valence-electron chi connectivity index (χ2n) is 4.40. The lowest BCUT2D eigenvalue weighted by atomic mass is 10.1. The van der Waals surface area contributed by atoms with Crippen LogP contribution >= 0.6 is 11.3 Å². The van der Waals surface area contributed by atoms with Gasteiger partial charge in [0.15, 0.2) is 0 Å². The van der Waals surface area contributed by atoms with E-state index in [1.54, 1.807) is 11.3 Å². The Morgan fingerprint density at radius 2 is 2.38 bits per heavy atom. The van der Waals surface area contributed by atoms with Crippen LogP contribution in [0, 0.1) is 11.3 Å². The average molecular weight is 235 g/mol. The largest absolute Gasteiger partial charge is 0.304 e. The van der Waals surface area contributed by atoms with Gasteiger partial charge in [-0.25, -0.2) is 0 Å². The summed E-state index contributed by atoms with van der Waals surface area (Å²) in [5.74, 6) is 0. The molecule has 1 aromatic heterocycles. The lowest BCUT2D eigenvalue weighted by Crippen LogP contribution is -2.51. The molecule has 3 nitrogen and oxygen atoms in total. The maximum Gasteiger partial charge on any atom is 0.133 e. The molecule has 1 fully saturated rings. The van der Waals surface area contributed by atoms with Gasteiger partial charge in [0.05, 0.1) is 6.07 Å². The molecule has 16 heavy (non-hydrogen) atoms. The van der Waals surface area contributed by atoms with Gasteiger partial charge in [-0.1, -0.05) is 6.07 Å². The van der Waals surface area contributed by atoms with Crippen LogP contribution in [0.25, 0.3) is 0 Å². The molecule has 1 aliphatic heterocycles. The molecule has 0 amide bonds. The van der Waals surface area contributed by atoms with Gasteiger partial charge >= 0.3 is 0 Å². The molecule has 1 aliphatic rings. The van der Waals surface area contributed by atoms with Crippen molar-refractivity contribution in [3.8, 4) is 6.07 Å². The van der Waals surface area contributed by atoms with Crippen molar-refractivity contribution >= 4 is 11.3 Å². The zero-order valence-corrected chi connectivity index (χ0v) is 10.6. The highest BCUT2D eigenvalue weighted by Crippen LogP contribution is 2.27. The molecular weight excluding hydrogens is 218 g/mol. The third kappa shape index (κ3) is 2.27. The molecule has 86 valence electrons. The number of rotatable bonds is 2. The zero-order valence-electron chi connectivity index (χ0n) is 9.76. The van der Waals surface area contributed by atoms with Crippen LogP contribution in [0.2, 0.25) is 0 Å². The van der Waals surface area contributed by atoms with Crippen molar-refractivity contribution < 1.29 is 0 Å². The Hall–Kier alpha value is -0.890. The van der Waals surface area contributed by atoms with Crippen molar-refractivity contribution in [1.82, 2.24) is 9.80 Å². The molecule has 2 unspecified atom stereocenters. The van der Waals surface area contributed by atoms with Gasteiger partial charge in [0, 0.05) is 30.6 Å². The van der Waals surface area contributed by atoms with Crippen molar-refractivity contribution in [2.75, 3.05) is 26.7 Å². The van der Waals surface area contributed by atoms with Crippen molar-refractivity contribution in [3.63, 3.8) is 0 Å². The van der Waals surface area contributed by atoms with Crippen LogP contribution in [0.3, 0.4) is 0 Å². The first kappa shape index (κ1) is 11.6. The number of hydrogen-bond acceptors (Lipinski definition) is 4. The van der Waals surface area contributed by atoms with E-state index in [9.17, 15) is 5.26 Å². The molecular formula is C12H17N3S. The molecule has 2 heterocycles. The molecule has 2 atom stereocenters. The summed E-state index contributed by atoms with van der Waals surface area (Å²) in [4.78, 5) is 5.80.